The summed E-state index contributed by atoms with van der Waals surface area (Å²) in [6.07, 6.45) is 7.70. The molecule has 1 amide bonds. The standard InChI is InChI=1S/C18H30N2O3/c21-17(15-3-11-22-12-4-15)20-9-5-18(6-10-20)13-16(14-23-18)19-7-1-2-8-19/h15-16H,1-14H2. The Bertz CT molecular complexity index is 422. The topological polar surface area (TPSA) is 42.0 Å². The van der Waals surface area contributed by atoms with Gasteiger partial charge in [-0.25, -0.2) is 0 Å². The van der Waals surface area contributed by atoms with E-state index in [0.717, 1.165) is 58.6 Å². The summed E-state index contributed by atoms with van der Waals surface area (Å²) in [7, 11) is 0. The molecule has 4 heterocycles. The molecule has 1 spiro atoms. The summed E-state index contributed by atoms with van der Waals surface area (Å²) in [6.45, 7) is 6.64. The average Bonchev–Trinajstić information content (AvgIpc) is 3.26. The van der Waals surface area contributed by atoms with Gasteiger partial charge in [-0.3, -0.25) is 9.69 Å². The van der Waals surface area contributed by atoms with Crippen molar-refractivity contribution in [1.82, 2.24) is 9.80 Å². The summed E-state index contributed by atoms with van der Waals surface area (Å²) in [4.78, 5) is 17.4. The fourth-order valence-corrected chi connectivity index (χ4v) is 4.85. The molecule has 1 atom stereocenters. The summed E-state index contributed by atoms with van der Waals surface area (Å²) in [6, 6.07) is 0.621. The molecule has 0 N–H and O–H groups in total. The first kappa shape index (κ1) is 15.9. The van der Waals surface area contributed by atoms with Gasteiger partial charge in [0.25, 0.3) is 0 Å². The lowest BCUT2D eigenvalue weighted by Crippen LogP contribution is -2.49. The third kappa shape index (κ3) is 3.28. The minimum atomic E-state index is 0.0553. The number of likely N-dealkylation sites (tertiary alicyclic amines) is 2. The van der Waals surface area contributed by atoms with Crippen LogP contribution in [-0.2, 0) is 14.3 Å². The average molecular weight is 322 g/mol. The van der Waals surface area contributed by atoms with Crippen LogP contribution in [0.5, 0.6) is 0 Å². The van der Waals surface area contributed by atoms with E-state index in [4.69, 9.17) is 9.47 Å². The molecule has 1 unspecified atom stereocenters. The molecule has 4 rings (SSSR count). The van der Waals surface area contributed by atoms with Crippen LogP contribution in [0.25, 0.3) is 0 Å². The molecular weight excluding hydrogens is 292 g/mol. The number of carbonyl (C=O) groups excluding carboxylic acids is 1. The van der Waals surface area contributed by atoms with E-state index >= 15 is 0 Å². The fraction of sp³-hybridized carbons (Fsp3) is 0.944. The number of nitrogens with zero attached hydrogens (tertiary/aromatic N) is 2. The van der Waals surface area contributed by atoms with Gasteiger partial charge in [-0.1, -0.05) is 0 Å². The van der Waals surface area contributed by atoms with E-state index < -0.39 is 0 Å². The second-order valence-corrected chi connectivity index (χ2v) is 7.81. The first-order chi connectivity index (χ1) is 11.3. The predicted octanol–water partition coefficient (Wildman–Crippen LogP) is 1.66. The van der Waals surface area contributed by atoms with Gasteiger partial charge in [0.2, 0.25) is 5.91 Å². The van der Waals surface area contributed by atoms with E-state index in [1.165, 1.54) is 32.4 Å². The second-order valence-electron chi connectivity index (χ2n) is 7.81. The van der Waals surface area contributed by atoms with E-state index in [1.807, 2.05) is 0 Å². The Hall–Kier alpha value is -0.650. The van der Waals surface area contributed by atoms with Crippen LogP contribution in [0.2, 0.25) is 0 Å². The normalized spacial score (nSPS) is 32.7. The highest BCUT2D eigenvalue weighted by Gasteiger charge is 2.45. The van der Waals surface area contributed by atoms with Crippen molar-refractivity contribution in [2.45, 2.75) is 56.6 Å². The molecule has 4 aliphatic heterocycles. The molecule has 4 saturated heterocycles. The number of hydrogen-bond acceptors (Lipinski definition) is 4. The highest BCUT2D eigenvalue weighted by molar-refractivity contribution is 5.79. The van der Waals surface area contributed by atoms with Gasteiger partial charge in [0.1, 0.15) is 0 Å². The molecule has 5 heteroatoms. The zero-order chi connectivity index (χ0) is 15.7. The summed E-state index contributed by atoms with van der Waals surface area (Å²) in [5.41, 5.74) is 0.0553. The van der Waals surface area contributed by atoms with Gasteiger partial charge in [-0.05, 0) is 58.0 Å². The van der Waals surface area contributed by atoms with Crippen molar-refractivity contribution in [3.63, 3.8) is 0 Å². The molecule has 0 bridgehead atoms. The third-order valence-electron chi connectivity index (χ3n) is 6.40. The molecule has 0 saturated carbocycles. The lowest BCUT2D eigenvalue weighted by atomic mass is 9.86. The molecule has 0 aromatic rings. The molecule has 5 nitrogen and oxygen atoms in total. The van der Waals surface area contributed by atoms with Crippen molar-refractivity contribution in [2.24, 2.45) is 5.92 Å². The number of hydrogen-bond donors (Lipinski definition) is 0. The molecule has 23 heavy (non-hydrogen) atoms. The molecule has 130 valence electrons. The lowest BCUT2D eigenvalue weighted by Gasteiger charge is -2.40. The van der Waals surface area contributed by atoms with Crippen LogP contribution >= 0.6 is 0 Å². The second kappa shape index (κ2) is 6.69. The van der Waals surface area contributed by atoms with Gasteiger partial charge >= 0.3 is 0 Å². The van der Waals surface area contributed by atoms with Gasteiger partial charge in [0, 0.05) is 38.3 Å². The Kier molecular flexibility index (Phi) is 4.61. The van der Waals surface area contributed by atoms with Gasteiger partial charge < -0.3 is 14.4 Å². The predicted molar refractivity (Wildman–Crippen MR) is 87.3 cm³/mol. The molecule has 4 aliphatic rings. The van der Waals surface area contributed by atoms with Gasteiger partial charge in [0.05, 0.1) is 12.2 Å². The molecule has 0 aromatic carbocycles. The Labute approximate surface area is 139 Å². The van der Waals surface area contributed by atoms with E-state index in [-0.39, 0.29) is 11.5 Å². The molecule has 0 aliphatic carbocycles. The van der Waals surface area contributed by atoms with Crippen LogP contribution in [0, 0.1) is 5.92 Å². The van der Waals surface area contributed by atoms with Crippen LogP contribution in [-0.4, -0.2) is 73.3 Å². The molecule has 0 radical (unpaired) electrons. The minimum Gasteiger partial charge on any atom is -0.381 e. The monoisotopic (exact) mass is 322 g/mol. The van der Waals surface area contributed by atoms with Crippen molar-refractivity contribution in [1.29, 1.82) is 0 Å². The van der Waals surface area contributed by atoms with Crippen LogP contribution < -0.4 is 0 Å². The van der Waals surface area contributed by atoms with Gasteiger partial charge in [0.15, 0.2) is 0 Å². The fourth-order valence-electron chi connectivity index (χ4n) is 4.85. The number of carbonyl (C=O) groups is 1. The Morgan fingerprint density at radius 2 is 1.70 bits per heavy atom. The van der Waals surface area contributed by atoms with Gasteiger partial charge in [-0.2, -0.15) is 0 Å². The van der Waals surface area contributed by atoms with Crippen molar-refractivity contribution >= 4 is 5.91 Å². The summed E-state index contributed by atoms with van der Waals surface area (Å²) < 4.78 is 11.7. The highest BCUT2D eigenvalue weighted by atomic mass is 16.5. The van der Waals surface area contributed by atoms with Crippen molar-refractivity contribution < 1.29 is 14.3 Å². The van der Waals surface area contributed by atoms with E-state index in [0.29, 0.717) is 11.9 Å². The van der Waals surface area contributed by atoms with Crippen LogP contribution in [0.4, 0.5) is 0 Å². The van der Waals surface area contributed by atoms with Crippen LogP contribution in [0.3, 0.4) is 0 Å². The van der Waals surface area contributed by atoms with Crippen molar-refractivity contribution in [3.05, 3.63) is 0 Å². The van der Waals surface area contributed by atoms with Crippen LogP contribution in [0.15, 0.2) is 0 Å². The SMILES string of the molecule is O=C(C1CCOCC1)N1CCC2(CC1)CC(N1CCCC1)CO2. The summed E-state index contributed by atoms with van der Waals surface area (Å²) in [5, 5.41) is 0. The van der Waals surface area contributed by atoms with Crippen LogP contribution in [0.1, 0.15) is 44.9 Å². The Morgan fingerprint density at radius 3 is 2.39 bits per heavy atom. The minimum absolute atomic E-state index is 0.0553. The summed E-state index contributed by atoms with van der Waals surface area (Å²) >= 11 is 0. The van der Waals surface area contributed by atoms with Gasteiger partial charge in [-0.15, -0.1) is 0 Å². The number of rotatable bonds is 2. The number of piperidine rings is 1. The molecule has 0 aromatic heterocycles. The zero-order valence-corrected chi connectivity index (χ0v) is 14.2. The van der Waals surface area contributed by atoms with Crippen molar-refractivity contribution in [3.8, 4) is 0 Å². The van der Waals surface area contributed by atoms with E-state index in [2.05, 4.69) is 9.80 Å². The first-order valence-electron chi connectivity index (χ1n) is 9.50. The number of ether oxygens (including phenoxy) is 2. The molecular formula is C18H30N2O3. The lowest BCUT2D eigenvalue weighted by molar-refractivity contribution is -0.143. The smallest absolute Gasteiger partial charge is 0.225 e. The Balaban J connectivity index is 1.29. The Morgan fingerprint density at radius 1 is 1.00 bits per heavy atom. The van der Waals surface area contributed by atoms with E-state index in [9.17, 15) is 4.79 Å². The van der Waals surface area contributed by atoms with E-state index in [1.54, 1.807) is 0 Å². The maximum atomic E-state index is 12.7. The van der Waals surface area contributed by atoms with Crippen molar-refractivity contribution in [2.75, 3.05) is 46.0 Å². The zero-order valence-electron chi connectivity index (χ0n) is 14.2. The molecule has 4 fully saturated rings. The quantitative estimate of drug-likeness (QED) is 0.775. The maximum Gasteiger partial charge on any atom is 0.225 e. The number of amides is 1. The largest absolute Gasteiger partial charge is 0.381 e. The third-order valence-corrected chi connectivity index (χ3v) is 6.40. The highest BCUT2D eigenvalue weighted by Crippen LogP contribution is 2.38. The summed E-state index contributed by atoms with van der Waals surface area (Å²) in [5.74, 6) is 0.553. The first-order valence-corrected chi connectivity index (χ1v) is 9.50. The maximum absolute atomic E-state index is 12.7.